The van der Waals surface area contributed by atoms with Gasteiger partial charge in [-0.1, -0.05) is 30.3 Å². The number of carboxylic acids is 2. The van der Waals surface area contributed by atoms with Crippen LogP contribution in [0.4, 0.5) is 0 Å². The van der Waals surface area contributed by atoms with Crippen LogP contribution in [-0.4, -0.2) is 38.5 Å². The summed E-state index contributed by atoms with van der Waals surface area (Å²) in [6.07, 6.45) is -2.44. The second kappa shape index (κ2) is 4.30. The molecule has 0 unspecified atom stereocenters. The molecule has 0 bridgehead atoms. The Kier molecular flexibility index (Phi) is 3.26. The third-order valence-electron chi connectivity index (χ3n) is 2.17. The van der Waals surface area contributed by atoms with Crippen LogP contribution < -0.4 is 0 Å². The molecule has 1 aromatic rings. The molecule has 4 N–H and O–H groups in total. The maximum Gasteiger partial charge on any atom is 0.343 e. The van der Waals surface area contributed by atoms with Gasteiger partial charge in [-0.05, 0) is 5.56 Å². The zero-order chi connectivity index (χ0) is 12.3. The molecule has 0 spiro atoms. The zero-order valence-electron chi connectivity index (χ0n) is 8.07. The Bertz CT molecular complexity index is 401. The lowest BCUT2D eigenvalue weighted by Gasteiger charge is -2.26. The Hall–Kier alpha value is -1.92. The average Bonchev–Trinajstić information content (AvgIpc) is 2.27. The first-order chi connectivity index (χ1) is 7.40. The zero-order valence-corrected chi connectivity index (χ0v) is 8.07. The van der Waals surface area contributed by atoms with Crippen LogP contribution in [-0.2, 0) is 15.2 Å². The number of benzene rings is 1. The number of hydrogen-bond donors (Lipinski definition) is 4. The quantitative estimate of drug-likeness (QED) is 0.545. The lowest BCUT2D eigenvalue weighted by molar-refractivity contribution is -0.185. The van der Waals surface area contributed by atoms with E-state index in [1.165, 1.54) is 24.3 Å². The highest BCUT2D eigenvalue weighted by molar-refractivity contribution is 5.88. The van der Waals surface area contributed by atoms with Gasteiger partial charge in [0.2, 0.25) is 5.60 Å². The van der Waals surface area contributed by atoms with Gasteiger partial charge in [-0.25, -0.2) is 9.59 Å². The molecule has 2 atom stereocenters. The molecule has 0 aliphatic carbocycles. The maximum atomic E-state index is 10.9. The van der Waals surface area contributed by atoms with Crippen molar-refractivity contribution in [3.8, 4) is 0 Å². The lowest BCUT2D eigenvalue weighted by atomic mass is 9.88. The summed E-state index contributed by atoms with van der Waals surface area (Å²) in [7, 11) is 0. The monoisotopic (exact) mass is 226 g/mol. The predicted octanol–water partition coefficient (Wildman–Crippen LogP) is -0.596. The van der Waals surface area contributed by atoms with E-state index >= 15 is 0 Å². The third kappa shape index (κ3) is 1.88. The molecular formula is C10H10O6. The van der Waals surface area contributed by atoms with Crippen molar-refractivity contribution in [1.29, 1.82) is 0 Å². The Morgan fingerprint density at radius 3 is 2.00 bits per heavy atom. The lowest BCUT2D eigenvalue weighted by Crippen LogP contribution is -2.50. The van der Waals surface area contributed by atoms with E-state index in [2.05, 4.69) is 0 Å². The fourth-order valence-electron chi connectivity index (χ4n) is 1.27. The van der Waals surface area contributed by atoms with E-state index in [0.717, 1.165) is 0 Å². The molecule has 0 fully saturated rings. The Morgan fingerprint density at radius 1 is 1.12 bits per heavy atom. The van der Waals surface area contributed by atoms with Gasteiger partial charge >= 0.3 is 11.9 Å². The summed E-state index contributed by atoms with van der Waals surface area (Å²) in [6.45, 7) is 0. The number of carboxylic acid groups (broad SMARTS) is 2. The van der Waals surface area contributed by atoms with Crippen LogP contribution in [0.1, 0.15) is 5.56 Å². The van der Waals surface area contributed by atoms with E-state index in [4.69, 9.17) is 10.2 Å². The molecular weight excluding hydrogens is 216 g/mol. The fraction of sp³-hybridized carbons (Fsp3) is 0.200. The van der Waals surface area contributed by atoms with Gasteiger partial charge in [-0.3, -0.25) is 0 Å². The van der Waals surface area contributed by atoms with Crippen molar-refractivity contribution in [1.82, 2.24) is 0 Å². The first kappa shape index (κ1) is 12.2. The summed E-state index contributed by atoms with van der Waals surface area (Å²) in [4.78, 5) is 21.4. The van der Waals surface area contributed by atoms with Crippen molar-refractivity contribution >= 4 is 11.9 Å². The third-order valence-corrected chi connectivity index (χ3v) is 2.17. The molecule has 1 rings (SSSR count). The summed E-state index contributed by atoms with van der Waals surface area (Å²) in [5.41, 5.74) is -3.05. The van der Waals surface area contributed by atoms with Gasteiger partial charge in [0.15, 0.2) is 6.10 Å². The van der Waals surface area contributed by atoms with E-state index in [9.17, 15) is 19.8 Å². The maximum absolute atomic E-state index is 10.9. The largest absolute Gasteiger partial charge is 0.479 e. The minimum Gasteiger partial charge on any atom is -0.479 e. The van der Waals surface area contributed by atoms with Crippen LogP contribution in [0.15, 0.2) is 30.3 Å². The summed E-state index contributed by atoms with van der Waals surface area (Å²) in [6, 6.07) is 6.87. The smallest absolute Gasteiger partial charge is 0.343 e. The SMILES string of the molecule is O=C(O)[C@@H](O)[C@](O)(C(=O)O)c1ccccc1. The van der Waals surface area contributed by atoms with Crippen LogP contribution in [0, 0.1) is 0 Å². The van der Waals surface area contributed by atoms with Gasteiger partial charge in [0.05, 0.1) is 0 Å². The van der Waals surface area contributed by atoms with Gasteiger partial charge in [-0.15, -0.1) is 0 Å². The normalized spacial score (nSPS) is 16.1. The summed E-state index contributed by atoms with van der Waals surface area (Å²) >= 11 is 0. The molecule has 0 amide bonds. The Balaban J connectivity index is 3.28. The van der Waals surface area contributed by atoms with Crippen molar-refractivity contribution in [2.24, 2.45) is 0 Å². The van der Waals surface area contributed by atoms with Crippen LogP contribution in [0.3, 0.4) is 0 Å². The second-order valence-corrected chi connectivity index (χ2v) is 3.18. The second-order valence-electron chi connectivity index (χ2n) is 3.18. The van der Waals surface area contributed by atoms with E-state index < -0.39 is 23.6 Å². The molecule has 16 heavy (non-hydrogen) atoms. The molecule has 0 aliphatic heterocycles. The molecule has 0 aromatic heterocycles. The number of carbonyl (C=O) groups is 2. The van der Waals surface area contributed by atoms with E-state index in [-0.39, 0.29) is 5.56 Å². The highest BCUT2D eigenvalue weighted by Gasteiger charge is 2.49. The van der Waals surface area contributed by atoms with E-state index in [1.54, 1.807) is 6.07 Å². The minimum absolute atomic E-state index is 0.197. The van der Waals surface area contributed by atoms with Crippen molar-refractivity contribution in [3.63, 3.8) is 0 Å². The molecule has 0 saturated heterocycles. The van der Waals surface area contributed by atoms with Gasteiger partial charge in [-0.2, -0.15) is 0 Å². The molecule has 86 valence electrons. The Morgan fingerprint density at radius 2 is 1.62 bits per heavy atom. The average molecular weight is 226 g/mol. The van der Waals surface area contributed by atoms with Gasteiger partial charge < -0.3 is 20.4 Å². The van der Waals surface area contributed by atoms with E-state index in [1.807, 2.05) is 0 Å². The molecule has 1 aromatic carbocycles. The fourth-order valence-corrected chi connectivity index (χ4v) is 1.27. The van der Waals surface area contributed by atoms with Gasteiger partial charge in [0.25, 0.3) is 0 Å². The summed E-state index contributed by atoms with van der Waals surface area (Å²) in [5, 5.41) is 36.4. The van der Waals surface area contributed by atoms with Crippen LogP contribution >= 0.6 is 0 Å². The molecule has 0 saturated carbocycles. The minimum atomic E-state index is -2.85. The van der Waals surface area contributed by atoms with Crippen LogP contribution in [0.5, 0.6) is 0 Å². The molecule has 0 radical (unpaired) electrons. The molecule has 0 aliphatic rings. The first-order valence-corrected chi connectivity index (χ1v) is 4.33. The Labute approximate surface area is 90.4 Å². The predicted molar refractivity (Wildman–Crippen MR) is 51.6 cm³/mol. The van der Waals surface area contributed by atoms with Gasteiger partial charge in [0.1, 0.15) is 0 Å². The van der Waals surface area contributed by atoms with Crippen molar-refractivity contribution < 1.29 is 30.0 Å². The van der Waals surface area contributed by atoms with E-state index in [0.29, 0.717) is 0 Å². The van der Waals surface area contributed by atoms with Crippen molar-refractivity contribution in [2.45, 2.75) is 11.7 Å². The highest BCUT2D eigenvalue weighted by atomic mass is 16.4. The number of aliphatic carboxylic acids is 2. The summed E-state index contributed by atoms with van der Waals surface area (Å²) < 4.78 is 0. The highest BCUT2D eigenvalue weighted by Crippen LogP contribution is 2.25. The first-order valence-electron chi connectivity index (χ1n) is 4.33. The van der Waals surface area contributed by atoms with Gasteiger partial charge in [0, 0.05) is 0 Å². The molecule has 6 heteroatoms. The molecule has 6 nitrogen and oxygen atoms in total. The number of rotatable bonds is 4. The van der Waals surface area contributed by atoms with Crippen molar-refractivity contribution in [3.05, 3.63) is 35.9 Å². The number of hydrogen-bond acceptors (Lipinski definition) is 4. The standard InChI is InChI=1S/C10H10O6/c11-7(8(12)13)10(16,9(14)15)6-4-2-1-3-5-6/h1-5,7,11,16H,(H,12,13)(H,14,15)/t7-,10+/m1/s1. The topological polar surface area (TPSA) is 115 Å². The summed E-state index contributed by atoms with van der Waals surface area (Å²) in [5.74, 6) is -3.64. The van der Waals surface area contributed by atoms with Crippen molar-refractivity contribution in [2.75, 3.05) is 0 Å². The van der Waals surface area contributed by atoms with Crippen LogP contribution in [0.2, 0.25) is 0 Å². The molecule has 0 heterocycles. The number of aliphatic hydroxyl groups is 2. The number of aliphatic hydroxyl groups excluding tert-OH is 1. The van der Waals surface area contributed by atoms with Crippen LogP contribution in [0.25, 0.3) is 0 Å².